The van der Waals surface area contributed by atoms with Gasteiger partial charge in [-0.25, -0.2) is 4.98 Å². The maximum atomic E-state index is 12.8. The molecule has 0 atom stereocenters. The molecule has 0 saturated heterocycles. The van der Waals surface area contributed by atoms with Gasteiger partial charge < -0.3 is 14.8 Å². The van der Waals surface area contributed by atoms with Crippen molar-refractivity contribution in [1.82, 2.24) is 19.7 Å². The number of rotatable bonds is 4. The molecule has 3 amide bonds. The van der Waals surface area contributed by atoms with E-state index < -0.39 is 24.3 Å². The molecule has 164 valence electrons. The van der Waals surface area contributed by atoms with Gasteiger partial charge in [-0.2, -0.15) is 9.78 Å². The van der Waals surface area contributed by atoms with Crippen molar-refractivity contribution in [3.05, 3.63) is 59.3 Å². The molecule has 0 bridgehead atoms. The van der Waals surface area contributed by atoms with Gasteiger partial charge in [0, 0.05) is 18.2 Å². The number of amides is 3. The van der Waals surface area contributed by atoms with Crippen molar-refractivity contribution < 1.29 is 23.9 Å². The Morgan fingerprint density at radius 3 is 2.52 bits per heavy atom. The van der Waals surface area contributed by atoms with Gasteiger partial charge in [-0.05, 0) is 19.1 Å². The Morgan fingerprint density at radius 2 is 1.79 bits per heavy atom. The molecule has 10 nitrogen and oxygen atoms in total. The zero-order chi connectivity index (χ0) is 22.7. The highest BCUT2D eigenvalue weighted by Gasteiger charge is 2.36. The van der Waals surface area contributed by atoms with Crippen LogP contribution in [-0.2, 0) is 4.79 Å². The van der Waals surface area contributed by atoms with Crippen LogP contribution in [0.25, 0.3) is 15.3 Å². The fourth-order valence-corrected chi connectivity index (χ4v) is 4.78. The van der Waals surface area contributed by atoms with Crippen LogP contribution in [0.2, 0.25) is 0 Å². The minimum Gasteiger partial charge on any atom is -0.454 e. The third-order valence-corrected chi connectivity index (χ3v) is 6.33. The molecule has 2 aromatic carbocycles. The van der Waals surface area contributed by atoms with Crippen molar-refractivity contribution >= 4 is 45.1 Å². The van der Waals surface area contributed by atoms with Crippen molar-refractivity contribution in [3.63, 3.8) is 0 Å². The number of hydrogen-bond acceptors (Lipinski definition) is 8. The molecule has 6 rings (SSSR count). The maximum absolute atomic E-state index is 12.8. The van der Waals surface area contributed by atoms with Gasteiger partial charge >= 0.3 is 0 Å². The van der Waals surface area contributed by atoms with Gasteiger partial charge in [-0.1, -0.05) is 23.5 Å². The molecule has 2 aromatic heterocycles. The summed E-state index contributed by atoms with van der Waals surface area (Å²) in [5, 5.41) is 7.73. The molecule has 11 heteroatoms. The number of nitrogens with one attached hydrogen (secondary N) is 1. The van der Waals surface area contributed by atoms with Crippen molar-refractivity contribution in [3.8, 4) is 16.6 Å². The van der Waals surface area contributed by atoms with Gasteiger partial charge in [0.25, 0.3) is 11.8 Å². The standard InChI is InChI=1S/C22H15N5O5S/c1-11-6-18(24-19(28)9-26-20(29)12-4-2-3-5-13(12)21(26)30)27(25-11)22-23-14-7-15-16(32-10-31-15)8-17(14)33-22/h2-8H,9-10H2,1H3,(H,24,28). The zero-order valence-corrected chi connectivity index (χ0v) is 18.0. The van der Waals surface area contributed by atoms with Crippen LogP contribution >= 0.6 is 11.3 Å². The molecule has 2 aliphatic rings. The average molecular weight is 461 g/mol. The third-order valence-electron chi connectivity index (χ3n) is 5.33. The normalized spacial score (nSPS) is 14.3. The molecule has 4 heterocycles. The summed E-state index contributed by atoms with van der Waals surface area (Å²) < 4.78 is 13.2. The van der Waals surface area contributed by atoms with Crippen LogP contribution in [0.15, 0.2) is 42.5 Å². The molecule has 1 N–H and O–H groups in total. The molecular formula is C22H15N5O5S. The van der Waals surface area contributed by atoms with Gasteiger partial charge in [0.2, 0.25) is 17.8 Å². The quantitative estimate of drug-likeness (QED) is 0.465. The highest BCUT2D eigenvalue weighted by molar-refractivity contribution is 7.20. The smallest absolute Gasteiger partial charge is 0.262 e. The summed E-state index contributed by atoms with van der Waals surface area (Å²) >= 11 is 1.38. The lowest BCUT2D eigenvalue weighted by Crippen LogP contribution is -2.37. The molecule has 33 heavy (non-hydrogen) atoms. The lowest BCUT2D eigenvalue weighted by atomic mass is 10.1. The molecule has 0 spiro atoms. The van der Waals surface area contributed by atoms with Gasteiger partial charge in [0.15, 0.2) is 11.5 Å². The first-order chi connectivity index (χ1) is 16.0. The first-order valence-electron chi connectivity index (χ1n) is 10.0. The minimum absolute atomic E-state index is 0.182. The Hall–Kier alpha value is -4.25. The van der Waals surface area contributed by atoms with E-state index in [9.17, 15) is 14.4 Å². The summed E-state index contributed by atoms with van der Waals surface area (Å²) in [6.07, 6.45) is 0. The van der Waals surface area contributed by atoms with Crippen molar-refractivity contribution in [1.29, 1.82) is 0 Å². The number of ether oxygens (including phenoxy) is 2. The van der Waals surface area contributed by atoms with Crippen LogP contribution < -0.4 is 14.8 Å². The van der Waals surface area contributed by atoms with Crippen molar-refractivity contribution in [2.75, 3.05) is 18.7 Å². The first kappa shape index (κ1) is 19.4. The number of hydrogen-bond donors (Lipinski definition) is 1. The van der Waals surface area contributed by atoms with E-state index in [1.807, 2.05) is 6.07 Å². The second-order valence-corrected chi connectivity index (χ2v) is 8.55. The van der Waals surface area contributed by atoms with E-state index in [0.29, 0.717) is 39.3 Å². The predicted molar refractivity (Wildman–Crippen MR) is 118 cm³/mol. The molecule has 0 fully saturated rings. The highest BCUT2D eigenvalue weighted by Crippen LogP contribution is 2.39. The summed E-state index contributed by atoms with van der Waals surface area (Å²) in [4.78, 5) is 43.4. The summed E-state index contributed by atoms with van der Waals surface area (Å²) in [5.41, 5.74) is 1.98. The Bertz CT molecular complexity index is 1410. The van der Waals surface area contributed by atoms with E-state index >= 15 is 0 Å². The molecule has 0 unspecified atom stereocenters. The second-order valence-electron chi connectivity index (χ2n) is 7.54. The SMILES string of the molecule is Cc1cc(NC(=O)CN2C(=O)c3ccccc3C2=O)n(-c2nc3cc4c(cc3s2)OCO4)n1. The van der Waals surface area contributed by atoms with Crippen LogP contribution in [0.5, 0.6) is 11.5 Å². The Kier molecular flexibility index (Phi) is 4.20. The summed E-state index contributed by atoms with van der Waals surface area (Å²) in [5.74, 6) is 0.174. The minimum atomic E-state index is -0.521. The van der Waals surface area contributed by atoms with Crippen LogP contribution in [0.1, 0.15) is 26.4 Å². The summed E-state index contributed by atoms with van der Waals surface area (Å²) in [7, 11) is 0. The summed E-state index contributed by atoms with van der Waals surface area (Å²) in [6, 6.07) is 11.9. The molecular weight excluding hydrogens is 446 g/mol. The fourth-order valence-electron chi connectivity index (χ4n) is 3.84. The van der Waals surface area contributed by atoms with Crippen LogP contribution in [0, 0.1) is 6.92 Å². The van der Waals surface area contributed by atoms with Gasteiger partial charge in [0.1, 0.15) is 12.4 Å². The molecule has 0 saturated carbocycles. The van der Waals surface area contributed by atoms with Crippen LogP contribution in [0.3, 0.4) is 0 Å². The van der Waals surface area contributed by atoms with E-state index in [4.69, 9.17) is 9.47 Å². The number of anilines is 1. The lowest BCUT2D eigenvalue weighted by Gasteiger charge is -2.13. The third kappa shape index (κ3) is 3.12. The number of nitrogens with zero attached hydrogens (tertiary/aromatic N) is 4. The van der Waals surface area contributed by atoms with Crippen LogP contribution in [0.4, 0.5) is 5.82 Å². The van der Waals surface area contributed by atoms with Crippen molar-refractivity contribution in [2.45, 2.75) is 6.92 Å². The molecule has 4 aromatic rings. The Morgan fingerprint density at radius 1 is 1.09 bits per heavy atom. The number of imide groups is 1. The average Bonchev–Trinajstić information content (AvgIpc) is 3.55. The highest BCUT2D eigenvalue weighted by atomic mass is 32.1. The molecule has 0 radical (unpaired) electrons. The number of aromatic nitrogens is 3. The molecule has 0 aliphatic carbocycles. The van der Waals surface area contributed by atoms with E-state index in [0.717, 1.165) is 15.1 Å². The summed E-state index contributed by atoms with van der Waals surface area (Å²) in [6.45, 7) is 1.57. The van der Waals surface area contributed by atoms with Crippen LogP contribution in [-0.4, -0.2) is 50.7 Å². The number of carbonyl (C=O) groups excluding carboxylic acids is 3. The van der Waals surface area contributed by atoms with Crippen molar-refractivity contribution in [2.24, 2.45) is 0 Å². The van der Waals surface area contributed by atoms with E-state index in [1.165, 1.54) is 16.0 Å². The topological polar surface area (TPSA) is 116 Å². The second kappa shape index (κ2) is 7.14. The van der Waals surface area contributed by atoms with Gasteiger partial charge in [-0.15, -0.1) is 0 Å². The zero-order valence-electron chi connectivity index (χ0n) is 17.2. The molecule has 2 aliphatic heterocycles. The largest absolute Gasteiger partial charge is 0.454 e. The lowest BCUT2D eigenvalue weighted by molar-refractivity contribution is -0.116. The number of fused-ring (bicyclic) bond motifs is 3. The van der Waals surface area contributed by atoms with Gasteiger partial charge in [-0.3, -0.25) is 19.3 Å². The number of thiazole rings is 1. The number of carbonyl (C=O) groups is 3. The monoisotopic (exact) mass is 461 g/mol. The van der Waals surface area contributed by atoms with E-state index in [1.54, 1.807) is 43.3 Å². The Balaban J connectivity index is 1.26. The predicted octanol–water partition coefficient (Wildman–Crippen LogP) is 2.75. The van der Waals surface area contributed by atoms with E-state index in [2.05, 4.69) is 15.4 Å². The Labute approximate surface area is 190 Å². The fraction of sp³-hybridized carbons (Fsp3) is 0.136. The first-order valence-corrected chi connectivity index (χ1v) is 10.8. The number of benzene rings is 2. The number of aryl methyl sites for hydroxylation is 1. The maximum Gasteiger partial charge on any atom is 0.262 e. The van der Waals surface area contributed by atoms with E-state index in [-0.39, 0.29) is 6.79 Å². The van der Waals surface area contributed by atoms with Gasteiger partial charge in [0.05, 0.1) is 27.0 Å².